The van der Waals surface area contributed by atoms with E-state index in [0.717, 1.165) is 5.56 Å². The second-order valence-corrected chi connectivity index (χ2v) is 6.43. The van der Waals surface area contributed by atoms with Gasteiger partial charge in [0.1, 0.15) is 12.3 Å². The number of carbonyl (C=O) groups excluding carboxylic acids is 1. The fourth-order valence-electron chi connectivity index (χ4n) is 2.50. The summed E-state index contributed by atoms with van der Waals surface area (Å²) in [6, 6.07) is 10.4. The Morgan fingerprint density at radius 1 is 1.27 bits per heavy atom. The molecule has 3 aromatic rings. The molecule has 0 unspecified atom stereocenters. The Kier molecular flexibility index (Phi) is 5.44. The Morgan fingerprint density at radius 3 is 2.85 bits per heavy atom. The molecule has 0 aliphatic carbocycles. The van der Waals surface area contributed by atoms with Gasteiger partial charge in [-0.05, 0) is 29.8 Å². The highest BCUT2D eigenvalue weighted by molar-refractivity contribution is 6.38. The molecule has 0 atom stereocenters. The van der Waals surface area contributed by atoms with E-state index in [9.17, 15) is 9.59 Å². The number of benzene rings is 2. The number of hydrogen-bond donors (Lipinski definition) is 1. The van der Waals surface area contributed by atoms with E-state index in [2.05, 4.69) is 10.3 Å². The van der Waals surface area contributed by atoms with Gasteiger partial charge in [0.15, 0.2) is 0 Å². The summed E-state index contributed by atoms with van der Waals surface area (Å²) in [6.45, 7) is 0.166. The van der Waals surface area contributed by atoms with Gasteiger partial charge in [-0.1, -0.05) is 35.3 Å². The summed E-state index contributed by atoms with van der Waals surface area (Å²) in [6.07, 6.45) is 1.30. The number of aromatic nitrogens is 2. The van der Waals surface area contributed by atoms with Crippen LogP contribution in [0.15, 0.2) is 47.5 Å². The molecule has 1 aromatic heterocycles. The highest BCUT2D eigenvalue weighted by atomic mass is 35.5. The van der Waals surface area contributed by atoms with Crippen molar-refractivity contribution in [3.63, 3.8) is 0 Å². The second-order valence-electron chi connectivity index (χ2n) is 5.59. The average Bonchev–Trinajstić information content (AvgIpc) is 2.63. The number of nitrogens with one attached hydrogen (secondary N) is 1. The zero-order valence-electron chi connectivity index (χ0n) is 13.8. The van der Waals surface area contributed by atoms with E-state index in [1.54, 1.807) is 7.11 Å². The van der Waals surface area contributed by atoms with Crippen LogP contribution in [-0.4, -0.2) is 22.6 Å². The second kappa shape index (κ2) is 7.76. The highest BCUT2D eigenvalue weighted by Crippen LogP contribution is 2.23. The first-order chi connectivity index (χ1) is 12.5. The Labute approximate surface area is 159 Å². The molecule has 1 heterocycles. The summed E-state index contributed by atoms with van der Waals surface area (Å²) in [4.78, 5) is 28.9. The van der Waals surface area contributed by atoms with E-state index in [4.69, 9.17) is 27.9 Å². The summed E-state index contributed by atoms with van der Waals surface area (Å²) < 4.78 is 6.36. The van der Waals surface area contributed by atoms with E-state index in [1.165, 1.54) is 23.0 Å². The fourth-order valence-corrected chi connectivity index (χ4v) is 3.04. The van der Waals surface area contributed by atoms with E-state index in [0.29, 0.717) is 27.9 Å². The van der Waals surface area contributed by atoms with Gasteiger partial charge in [-0.15, -0.1) is 0 Å². The van der Waals surface area contributed by atoms with Gasteiger partial charge < -0.3 is 10.1 Å². The topological polar surface area (TPSA) is 73.2 Å². The van der Waals surface area contributed by atoms with Crippen molar-refractivity contribution in [3.05, 3.63) is 68.7 Å². The number of methoxy groups -OCH3 is 1. The molecular formula is C18H15Cl2N3O3. The molecule has 3 rings (SSSR count). The average molecular weight is 392 g/mol. The third-order valence-corrected chi connectivity index (χ3v) is 4.29. The molecule has 26 heavy (non-hydrogen) atoms. The van der Waals surface area contributed by atoms with Crippen molar-refractivity contribution in [2.45, 2.75) is 13.1 Å². The maximum absolute atomic E-state index is 12.5. The van der Waals surface area contributed by atoms with Crippen LogP contribution in [0, 0.1) is 0 Å². The SMILES string of the molecule is COc1cccc(CNC(=O)Cn2cnc3c(Cl)cc(Cl)cc3c2=O)c1. The van der Waals surface area contributed by atoms with Gasteiger partial charge in [-0.3, -0.25) is 14.2 Å². The molecule has 6 nitrogen and oxygen atoms in total. The van der Waals surface area contributed by atoms with Crippen molar-refractivity contribution in [3.8, 4) is 5.75 Å². The zero-order chi connectivity index (χ0) is 18.7. The summed E-state index contributed by atoms with van der Waals surface area (Å²) in [5.74, 6) is 0.393. The molecule has 2 aromatic carbocycles. The summed E-state index contributed by atoms with van der Waals surface area (Å²) in [7, 11) is 1.58. The van der Waals surface area contributed by atoms with Crippen molar-refractivity contribution >= 4 is 40.0 Å². The first-order valence-electron chi connectivity index (χ1n) is 7.72. The normalized spacial score (nSPS) is 10.7. The molecule has 0 spiro atoms. The van der Waals surface area contributed by atoms with Crippen molar-refractivity contribution in [2.24, 2.45) is 0 Å². The third kappa shape index (κ3) is 3.98. The van der Waals surface area contributed by atoms with Gasteiger partial charge in [0.25, 0.3) is 5.56 Å². The Bertz CT molecular complexity index is 1030. The first-order valence-corrected chi connectivity index (χ1v) is 8.47. The van der Waals surface area contributed by atoms with Crippen LogP contribution < -0.4 is 15.6 Å². The third-order valence-electron chi connectivity index (χ3n) is 3.78. The molecule has 1 N–H and O–H groups in total. The molecule has 0 saturated carbocycles. The number of fused-ring (bicyclic) bond motifs is 1. The molecule has 8 heteroatoms. The Balaban J connectivity index is 1.75. The molecule has 0 fully saturated rings. The van der Waals surface area contributed by atoms with Crippen LogP contribution in [0.1, 0.15) is 5.56 Å². The molecule has 1 amide bonds. The van der Waals surface area contributed by atoms with Crippen LogP contribution in [0.25, 0.3) is 10.9 Å². The van der Waals surface area contributed by atoms with E-state index in [-0.39, 0.29) is 23.4 Å². The molecule has 0 saturated heterocycles. The van der Waals surface area contributed by atoms with Crippen LogP contribution in [0.2, 0.25) is 10.0 Å². The molecule has 0 aliphatic rings. The summed E-state index contributed by atoms with van der Waals surface area (Å²) >= 11 is 12.0. The van der Waals surface area contributed by atoms with Crippen molar-refractivity contribution < 1.29 is 9.53 Å². The highest BCUT2D eigenvalue weighted by Gasteiger charge is 2.11. The monoisotopic (exact) mass is 391 g/mol. The minimum atomic E-state index is -0.379. The Hall–Kier alpha value is -2.57. The smallest absolute Gasteiger partial charge is 0.261 e. The minimum Gasteiger partial charge on any atom is -0.497 e. The first kappa shape index (κ1) is 18.2. The van der Waals surface area contributed by atoms with Crippen molar-refractivity contribution in [1.82, 2.24) is 14.9 Å². The number of carbonyl (C=O) groups is 1. The Morgan fingerprint density at radius 2 is 2.08 bits per heavy atom. The van der Waals surface area contributed by atoms with Gasteiger partial charge in [0.2, 0.25) is 5.91 Å². The quantitative estimate of drug-likeness (QED) is 0.725. The van der Waals surface area contributed by atoms with Crippen molar-refractivity contribution in [1.29, 1.82) is 0 Å². The lowest BCUT2D eigenvalue weighted by molar-refractivity contribution is -0.121. The predicted molar refractivity (Wildman–Crippen MR) is 101 cm³/mol. The van der Waals surface area contributed by atoms with Crippen LogP contribution in [-0.2, 0) is 17.9 Å². The molecule has 0 aliphatic heterocycles. The number of ether oxygens (including phenoxy) is 1. The number of halogens is 2. The van der Waals surface area contributed by atoms with Gasteiger partial charge in [0, 0.05) is 11.6 Å². The van der Waals surface area contributed by atoms with E-state index < -0.39 is 0 Å². The number of nitrogens with zero attached hydrogens (tertiary/aromatic N) is 2. The maximum Gasteiger partial charge on any atom is 0.261 e. The van der Waals surface area contributed by atoms with Crippen LogP contribution in [0.5, 0.6) is 5.75 Å². The van der Waals surface area contributed by atoms with Gasteiger partial charge in [0.05, 0.1) is 29.4 Å². The number of amides is 1. The van der Waals surface area contributed by atoms with Crippen molar-refractivity contribution in [2.75, 3.05) is 7.11 Å². The molecule has 0 bridgehead atoms. The lowest BCUT2D eigenvalue weighted by Crippen LogP contribution is -2.32. The zero-order valence-corrected chi connectivity index (χ0v) is 15.3. The molecule has 0 radical (unpaired) electrons. The molecular weight excluding hydrogens is 377 g/mol. The van der Waals surface area contributed by atoms with Gasteiger partial charge in [-0.2, -0.15) is 0 Å². The molecule has 134 valence electrons. The van der Waals surface area contributed by atoms with Crippen LogP contribution in [0.4, 0.5) is 0 Å². The van der Waals surface area contributed by atoms with E-state index >= 15 is 0 Å². The van der Waals surface area contributed by atoms with Gasteiger partial charge in [-0.25, -0.2) is 4.98 Å². The van der Waals surface area contributed by atoms with Crippen LogP contribution in [0.3, 0.4) is 0 Å². The van der Waals surface area contributed by atoms with E-state index in [1.807, 2.05) is 24.3 Å². The predicted octanol–water partition coefficient (Wildman–Crippen LogP) is 3.03. The number of hydrogen-bond acceptors (Lipinski definition) is 4. The van der Waals surface area contributed by atoms with Crippen LogP contribution >= 0.6 is 23.2 Å². The lowest BCUT2D eigenvalue weighted by Gasteiger charge is -2.09. The standard InChI is InChI=1S/C18H15Cl2N3O3/c1-26-13-4-2-3-11(5-13)8-21-16(24)9-23-10-22-17-14(18(23)25)6-12(19)7-15(17)20/h2-7,10H,8-9H2,1H3,(H,21,24). The maximum atomic E-state index is 12.5. The number of rotatable bonds is 5. The fraction of sp³-hybridized carbons (Fsp3) is 0.167. The minimum absolute atomic E-state index is 0.157. The largest absolute Gasteiger partial charge is 0.497 e. The van der Waals surface area contributed by atoms with Gasteiger partial charge >= 0.3 is 0 Å². The summed E-state index contributed by atoms with van der Waals surface area (Å²) in [5, 5.41) is 3.66. The summed E-state index contributed by atoms with van der Waals surface area (Å²) in [5.41, 5.74) is 0.866. The lowest BCUT2D eigenvalue weighted by atomic mass is 10.2.